The first-order valence-electron chi connectivity index (χ1n) is 5.04. The van der Waals surface area contributed by atoms with Crippen LogP contribution in [0.1, 0.15) is 4.88 Å². The summed E-state index contributed by atoms with van der Waals surface area (Å²) in [6.07, 6.45) is 0. The van der Waals surface area contributed by atoms with Gasteiger partial charge in [-0.05, 0) is 24.3 Å². The lowest BCUT2D eigenvalue weighted by atomic mass is 10.3. The lowest BCUT2D eigenvalue weighted by molar-refractivity contribution is 0.476. The number of nitriles is 1. The zero-order chi connectivity index (χ0) is 14.9. The summed E-state index contributed by atoms with van der Waals surface area (Å²) in [4.78, 5) is 0.284. The lowest BCUT2D eigenvalue weighted by Gasteiger charge is -2.08. The molecule has 2 N–H and O–H groups in total. The number of aromatic hydroxyl groups is 1. The van der Waals surface area contributed by atoms with Gasteiger partial charge in [0.25, 0.3) is 10.0 Å². The highest BCUT2D eigenvalue weighted by Crippen LogP contribution is 2.35. The molecule has 9 heteroatoms. The van der Waals surface area contributed by atoms with Crippen LogP contribution in [0.15, 0.2) is 28.5 Å². The third-order valence-electron chi connectivity index (χ3n) is 2.23. The minimum absolute atomic E-state index is 0.00521. The number of anilines is 1. The fourth-order valence-electron chi connectivity index (χ4n) is 1.35. The molecule has 0 aliphatic heterocycles. The predicted molar refractivity (Wildman–Crippen MR) is 78.0 cm³/mol. The highest BCUT2D eigenvalue weighted by molar-refractivity contribution is 7.94. The maximum atomic E-state index is 12.1. The maximum absolute atomic E-state index is 12.1. The standard InChI is InChI=1S/C11H6Cl2N2O3S2/c12-8-3-6(4-9(13)11(8)16)15-20(17,18)10-2-1-7(5-14)19-10/h1-4,15-16H. The number of hydrogen-bond donors (Lipinski definition) is 2. The minimum atomic E-state index is -3.83. The summed E-state index contributed by atoms with van der Waals surface area (Å²) in [7, 11) is -3.83. The smallest absolute Gasteiger partial charge is 0.271 e. The molecule has 0 bridgehead atoms. The molecular formula is C11H6Cl2N2O3S2. The zero-order valence-corrected chi connectivity index (χ0v) is 12.7. The summed E-state index contributed by atoms with van der Waals surface area (Å²) in [5.74, 6) is -0.320. The first-order valence-corrected chi connectivity index (χ1v) is 8.10. The largest absolute Gasteiger partial charge is 0.505 e. The van der Waals surface area contributed by atoms with Crippen LogP contribution in [0, 0.1) is 11.3 Å². The van der Waals surface area contributed by atoms with E-state index >= 15 is 0 Å². The Balaban J connectivity index is 2.36. The molecule has 5 nitrogen and oxygen atoms in total. The van der Waals surface area contributed by atoms with E-state index in [0.717, 1.165) is 11.3 Å². The van der Waals surface area contributed by atoms with E-state index in [-0.39, 0.29) is 30.6 Å². The van der Waals surface area contributed by atoms with Gasteiger partial charge in [0.05, 0.1) is 15.7 Å². The summed E-state index contributed by atoms with van der Waals surface area (Å²) in [5.41, 5.74) is 0.115. The number of sulfonamides is 1. The third kappa shape index (κ3) is 2.99. The average molecular weight is 349 g/mol. The van der Waals surface area contributed by atoms with Crippen LogP contribution in [0.2, 0.25) is 10.0 Å². The molecule has 2 rings (SSSR count). The Morgan fingerprint density at radius 2 is 1.85 bits per heavy atom. The molecule has 1 heterocycles. The molecule has 0 fully saturated rings. The Hall–Kier alpha value is -1.46. The van der Waals surface area contributed by atoms with Gasteiger partial charge in [0.1, 0.15) is 15.2 Å². The maximum Gasteiger partial charge on any atom is 0.271 e. The van der Waals surface area contributed by atoms with E-state index in [1.54, 1.807) is 0 Å². The summed E-state index contributed by atoms with van der Waals surface area (Å²) >= 11 is 12.3. The van der Waals surface area contributed by atoms with Crippen LogP contribution in [-0.2, 0) is 10.0 Å². The number of halogens is 2. The van der Waals surface area contributed by atoms with E-state index in [9.17, 15) is 13.5 Å². The van der Waals surface area contributed by atoms with E-state index in [1.165, 1.54) is 24.3 Å². The molecule has 20 heavy (non-hydrogen) atoms. The van der Waals surface area contributed by atoms with Crippen LogP contribution in [0.25, 0.3) is 0 Å². The normalized spacial score (nSPS) is 11.1. The quantitative estimate of drug-likeness (QED) is 0.831. The first kappa shape index (κ1) is 14.9. The van der Waals surface area contributed by atoms with Crippen molar-refractivity contribution in [1.82, 2.24) is 0 Å². The van der Waals surface area contributed by atoms with Gasteiger partial charge in [0, 0.05) is 0 Å². The van der Waals surface area contributed by atoms with Gasteiger partial charge in [0.2, 0.25) is 0 Å². The monoisotopic (exact) mass is 348 g/mol. The molecule has 0 saturated heterocycles. The van der Waals surface area contributed by atoms with Crippen molar-refractivity contribution < 1.29 is 13.5 Å². The van der Waals surface area contributed by atoms with Crippen molar-refractivity contribution in [2.45, 2.75) is 4.21 Å². The van der Waals surface area contributed by atoms with Gasteiger partial charge in [0.15, 0.2) is 5.75 Å². The number of phenols is 1. The second-order valence-electron chi connectivity index (χ2n) is 3.62. The number of phenolic OH excluding ortho intramolecular Hbond substituents is 1. The van der Waals surface area contributed by atoms with Gasteiger partial charge in [-0.2, -0.15) is 5.26 Å². The molecule has 0 amide bonds. The molecule has 0 spiro atoms. The molecule has 1 aromatic carbocycles. The van der Waals surface area contributed by atoms with Crippen LogP contribution in [-0.4, -0.2) is 13.5 Å². The fourth-order valence-corrected chi connectivity index (χ4v) is 3.99. The Bertz CT molecular complexity index is 786. The molecule has 0 saturated carbocycles. The molecule has 0 unspecified atom stereocenters. The second kappa shape index (κ2) is 5.50. The molecule has 2 aromatic rings. The van der Waals surface area contributed by atoms with E-state index in [4.69, 9.17) is 28.5 Å². The molecule has 1 aromatic heterocycles. The van der Waals surface area contributed by atoms with E-state index in [1.807, 2.05) is 6.07 Å². The Morgan fingerprint density at radius 3 is 2.35 bits per heavy atom. The molecular weight excluding hydrogens is 343 g/mol. The van der Waals surface area contributed by atoms with Gasteiger partial charge in [-0.15, -0.1) is 11.3 Å². The van der Waals surface area contributed by atoms with Crippen LogP contribution in [0.4, 0.5) is 5.69 Å². The number of rotatable bonds is 3. The van der Waals surface area contributed by atoms with Gasteiger partial charge in [-0.3, -0.25) is 4.72 Å². The van der Waals surface area contributed by atoms with Gasteiger partial charge in [-0.1, -0.05) is 23.2 Å². The van der Waals surface area contributed by atoms with E-state index in [0.29, 0.717) is 0 Å². The van der Waals surface area contributed by atoms with Gasteiger partial charge in [-0.25, -0.2) is 8.42 Å². The second-order valence-corrected chi connectivity index (χ2v) is 7.43. The highest BCUT2D eigenvalue weighted by atomic mass is 35.5. The average Bonchev–Trinajstić information content (AvgIpc) is 2.85. The van der Waals surface area contributed by atoms with Crippen LogP contribution in [0.5, 0.6) is 5.75 Å². The Kier molecular flexibility index (Phi) is 4.11. The van der Waals surface area contributed by atoms with Crippen molar-refractivity contribution in [2.75, 3.05) is 4.72 Å². The molecule has 0 aliphatic rings. The predicted octanol–water partition coefficient (Wildman–Crippen LogP) is 3.43. The first-order chi connectivity index (χ1) is 9.33. The summed E-state index contributed by atoms with van der Waals surface area (Å²) in [5, 5.41) is 18.0. The van der Waals surface area contributed by atoms with E-state index in [2.05, 4.69) is 4.72 Å². The highest BCUT2D eigenvalue weighted by Gasteiger charge is 2.18. The summed E-state index contributed by atoms with van der Waals surface area (Å²) in [6, 6.07) is 7.07. The van der Waals surface area contributed by atoms with Crippen LogP contribution < -0.4 is 4.72 Å². The van der Waals surface area contributed by atoms with Crippen molar-refractivity contribution in [3.8, 4) is 11.8 Å². The van der Waals surface area contributed by atoms with E-state index < -0.39 is 10.0 Å². The van der Waals surface area contributed by atoms with Crippen molar-refractivity contribution in [2.24, 2.45) is 0 Å². The van der Waals surface area contributed by atoms with Crippen molar-refractivity contribution in [3.63, 3.8) is 0 Å². The zero-order valence-electron chi connectivity index (χ0n) is 9.59. The topological polar surface area (TPSA) is 90.2 Å². The molecule has 0 aliphatic carbocycles. The van der Waals surface area contributed by atoms with Crippen LogP contribution in [0.3, 0.4) is 0 Å². The van der Waals surface area contributed by atoms with Crippen molar-refractivity contribution >= 4 is 50.2 Å². The van der Waals surface area contributed by atoms with Gasteiger partial charge >= 0.3 is 0 Å². The number of thiophene rings is 1. The van der Waals surface area contributed by atoms with Crippen LogP contribution >= 0.6 is 34.5 Å². The SMILES string of the molecule is N#Cc1ccc(S(=O)(=O)Nc2cc(Cl)c(O)c(Cl)c2)s1. The minimum Gasteiger partial charge on any atom is -0.505 e. The molecule has 0 radical (unpaired) electrons. The Morgan fingerprint density at radius 1 is 1.25 bits per heavy atom. The third-order valence-corrected chi connectivity index (χ3v) is 5.66. The fraction of sp³-hybridized carbons (Fsp3) is 0. The molecule has 0 atom stereocenters. The van der Waals surface area contributed by atoms with Gasteiger partial charge < -0.3 is 5.11 Å². The summed E-state index contributed by atoms with van der Waals surface area (Å²) < 4.78 is 26.4. The summed E-state index contributed by atoms with van der Waals surface area (Å²) in [6.45, 7) is 0. The Labute approximate surface area is 129 Å². The van der Waals surface area contributed by atoms with Crippen molar-refractivity contribution in [1.29, 1.82) is 5.26 Å². The molecule has 104 valence electrons. The number of nitrogens with one attached hydrogen (secondary N) is 1. The van der Waals surface area contributed by atoms with Crippen molar-refractivity contribution in [3.05, 3.63) is 39.2 Å². The number of hydrogen-bond acceptors (Lipinski definition) is 5. The lowest BCUT2D eigenvalue weighted by Crippen LogP contribution is -2.11. The number of benzene rings is 1. The number of nitrogens with zero attached hydrogens (tertiary/aromatic N) is 1.